The van der Waals surface area contributed by atoms with Gasteiger partial charge in [0, 0.05) is 25.4 Å². The lowest BCUT2D eigenvalue weighted by molar-refractivity contribution is 0.00201. The summed E-state index contributed by atoms with van der Waals surface area (Å²) in [5, 5.41) is 10.8. The zero-order valence-corrected chi connectivity index (χ0v) is 11.4. The number of imidazole rings is 1. The molecule has 1 aliphatic rings. The number of rotatable bonds is 3. The Morgan fingerprint density at radius 1 is 1.53 bits per heavy atom. The highest BCUT2D eigenvalue weighted by atomic mass is 16.3. The largest absolute Gasteiger partial charge is 0.389 e. The minimum atomic E-state index is -0.582. The molecule has 1 N–H and O–H groups in total. The van der Waals surface area contributed by atoms with Crippen molar-refractivity contribution in [3.05, 3.63) is 18.2 Å². The molecule has 1 aromatic heterocycles. The Bertz CT molecular complexity index is 397. The Morgan fingerprint density at radius 3 is 2.76 bits per heavy atom. The fourth-order valence-corrected chi connectivity index (χ4v) is 3.40. The first kappa shape index (κ1) is 12.6. The quantitative estimate of drug-likeness (QED) is 0.876. The van der Waals surface area contributed by atoms with Gasteiger partial charge in [-0.05, 0) is 31.1 Å². The van der Waals surface area contributed by atoms with Gasteiger partial charge < -0.3 is 9.67 Å². The molecule has 0 aliphatic heterocycles. The van der Waals surface area contributed by atoms with Crippen molar-refractivity contribution in [2.75, 3.05) is 0 Å². The van der Waals surface area contributed by atoms with Crippen LogP contribution in [0.3, 0.4) is 0 Å². The Morgan fingerprint density at radius 2 is 2.24 bits per heavy atom. The maximum atomic E-state index is 10.8. The Kier molecular flexibility index (Phi) is 3.06. The van der Waals surface area contributed by atoms with Crippen molar-refractivity contribution in [1.82, 2.24) is 9.55 Å². The van der Waals surface area contributed by atoms with Gasteiger partial charge in [-0.2, -0.15) is 0 Å². The molecule has 1 saturated carbocycles. The Balaban J connectivity index is 2.18. The van der Waals surface area contributed by atoms with E-state index in [2.05, 4.69) is 37.2 Å². The fraction of sp³-hybridized carbons (Fsp3) is 0.786. The van der Waals surface area contributed by atoms with Gasteiger partial charge in [0.25, 0.3) is 0 Å². The Labute approximate surface area is 104 Å². The van der Waals surface area contributed by atoms with Crippen molar-refractivity contribution >= 4 is 0 Å². The molecule has 0 radical (unpaired) electrons. The monoisotopic (exact) mass is 236 g/mol. The van der Waals surface area contributed by atoms with Crippen molar-refractivity contribution in [1.29, 1.82) is 0 Å². The molecule has 1 aliphatic carbocycles. The molecule has 3 nitrogen and oxygen atoms in total. The normalized spacial score (nSPS) is 31.9. The lowest BCUT2D eigenvalue weighted by atomic mass is 9.87. The SMILES string of the molecule is CCn1ccnc1CC1(O)CC(C)(C)CC1C. The molecule has 0 amide bonds. The zero-order valence-electron chi connectivity index (χ0n) is 11.4. The summed E-state index contributed by atoms with van der Waals surface area (Å²) in [4.78, 5) is 4.38. The molecule has 0 saturated heterocycles. The van der Waals surface area contributed by atoms with E-state index >= 15 is 0 Å². The smallest absolute Gasteiger partial charge is 0.111 e. The lowest BCUT2D eigenvalue weighted by Gasteiger charge is -2.28. The highest BCUT2D eigenvalue weighted by Gasteiger charge is 2.47. The second-order valence-corrected chi connectivity index (χ2v) is 6.36. The highest BCUT2D eigenvalue weighted by Crippen LogP contribution is 2.48. The number of aromatic nitrogens is 2. The van der Waals surface area contributed by atoms with E-state index in [-0.39, 0.29) is 5.41 Å². The van der Waals surface area contributed by atoms with E-state index in [0.717, 1.165) is 25.2 Å². The average molecular weight is 236 g/mol. The van der Waals surface area contributed by atoms with E-state index in [4.69, 9.17) is 0 Å². The van der Waals surface area contributed by atoms with Gasteiger partial charge in [-0.25, -0.2) is 4.98 Å². The standard InChI is InChI=1S/C14H24N2O/c1-5-16-7-6-15-12(16)9-14(17)10-13(3,4)8-11(14)2/h6-7,11,17H,5,8-10H2,1-4H3. The van der Waals surface area contributed by atoms with Gasteiger partial charge in [-0.1, -0.05) is 20.8 Å². The van der Waals surface area contributed by atoms with Crippen molar-refractivity contribution in [3.63, 3.8) is 0 Å². The molecule has 0 spiro atoms. The van der Waals surface area contributed by atoms with Crippen LogP contribution in [-0.2, 0) is 13.0 Å². The van der Waals surface area contributed by atoms with Crippen molar-refractivity contribution in [3.8, 4) is 0 Å². The molecular weight excluding hydrogens is 212 g/mol. The summed E-state index contributed by atoms with van der Waals surface area (Å²) in [6.45, 7) is 9.68. The zero-order chi connectivity index (χ0) is 12.7. The molecule has 1 fully saturated rings. The lowest BCUT2D eigenvalue weighted by Crippen LogP contribution is -2.35. The van der Waals surface area contributed by atoms with Crippen LogP contribution in [0.25, 0.3) is 0 Å². The predicted octanol–water partition coefficient (Wildman–Crippen LogP) is 2.63. The number of hydrogen-bond acceptors (Lipinski definition) is 2. The molecule has 1 heterocycles. The summed E-state index contributed by atoms with van der Waals surface area (Å²) in [5.41, 5.74) is -0.334. The van der Waals surface area contributed by atoms with Crippen LogP contribution in [0.2, 0.25) is 0 Å². The molecule has 2 unspecified atom stereocenters. The molecular formula is C14H24N2O. The third-order valence-corrected chi connectivity index (χ3v) is 4.17. The van der Waals surface area contributed by atoms with Crippen molar-refractivity contribution in [2.45, 2.75) is 59.1 Å². The first-order valence-corrected chi connectivity index (χ1v) is 6.59. The highest BCUT2D eigenvalue weighted by molar-refractivity contribution is 5.06. The van der Waals surface area contributed by atoms with Crippen LogP contribution in [0.1, 0.15) is 46.4 Å². The van der Waals surface area contributed by atoms with Crippen LogP contribution < -0.4 is 0 Å². The average Bonchev–Trinajstić information content (AvgIpc) is 2.69. The van der Waals surface area contributed by atoms with Crippen molar-refractivity contribution in [2.24, 2.45) is 11.3 Å². The van der Waals surface area contributed by atoms with Crippen LogP contribution >= 0.6 is 0 Å². The van der Waals surface area contributed by atoms with Gasteiger partial charge >= 0.3 is 0 Å². The van der Waals surface area contributed by atoms with E-state index in [1.807, 2.05) is 12.4 Å². The van der Waals surface area contributed by atoms with Crippen LogP contribution in [0.15, 0.2) is 12.4 Å². The van der Waals surface area contributed by atoms with Gasteiger partial charge in [0.2, 0.25) is 0 Å². The van der Waals surface area contributed by atoms with Crippen LogP contribution in [0.4, 0.5) is 0 Å². The van der Waals surface area contributed by atoms with Crippen LogP contribution in [0, 0.1) is 11.3 Å². The summed E-state index contributed by atoms with van der Waals surface area (Å²) in [5.74, 6) is 1.36. The topological polar surface area (TPSA) is 38.0 Å². The molecule has 17 heavy (non-hydrogen) atoms. The van der Waals surface area contributed by atoms with E-state index in [0.29, 0.717) is 12.3 Å². The molecule has 96 valence electrons. The second-order valence-electron chi connectivity index (χ2n) is 6.36. The maximum absolute atomic E-state index is 10.8. The Hall–Kier alpha value is -0.830. The molecule has 0 bridgehead atoms. The molecule has 2 atom stereocenters. The maximum Gasteiger partial charge on any atom is 0.111 e. The third kappa shape index (κ3) is 2.39. The summed E-state index contributed by atoms with van der Waals surface area (Å²) in [6.07, 6.45) is 6.46. The summed E-state index contributed by atoms with van der Waals surface area (Å²) in [7, 11) is 0. The summed E-state index contributed by atoms with van der Waals surface area (Å²) in [6, 6.07) is 0. The minimum Gasteiger partial charge on any atom is -0.389 e. The van der Waals surface area contributed by atoms with E-state index in [9.17, 15) is 5.11 Å². The first-order valence-electron chi connectivity index (χ1n) is 6.59. The third-order valence-electron chi connectivity index (χ3n) is 4.17. The van der Waals surface area contributed by atoms with Crippen LogP contribution in [0.5, 0.6) is 0 Å². The minimum absolute atomic E-state index is 0.248. The van der Waals surface area contributed by atoms with Gasteiger partial charge in [0.15, 0.2) is 0 Å². The van der Waals surface area contributed by atoms with Crippen LogP contribution in [-0.4, -0.2) is 20.3 Å². The fourth-order valence-electron chi connectivity index (χ4n) is 3.40. The molecule has 3 heteroatoms. The summed E-state index contributed by atoms with van der Waals surface area (Å²) >= 11 is 0. The van der Waals surface area contributed by atoms with Gasteiger partial charge in [0.1, 0.15) is 5.82 Å². The van der Waals surface area contributed by atoms with Gasteiger partial charge in [-0.3, -0.25) is 0 Å². The van der Waals surface area contributed by atoms with Gasteiger partial charge in [0.05, 0.1) is 5.60 Å². The number of nitrogens with zero attached hydrogens (tertiary/aromatic N) is 2. The second kappa shape index (κ2) is 4.13. The number of hydrogen-bond donors (Lipinski definition) is 1. The van der Waals surface area contributed by atoms with E-state index < -0.39 is 5.60 Å². The van der Waals surface area contributed by atoms with Crippen molar-refractivity contribution < 1.29 is 5.11 Å². The van der Waals surface area contributed by atoms with Gasteiger partial charge in [-0.15, -0.1) is 0 Å². The first-order chi connectivity index (χ1) is 7.86. The number of aliphatic hydroxyl groups is 1. The molecule has 2 rings (SSSR count). The van der Waals surface area contributed by atoms with E-state index in [1.54, 1.807) is 0 Å². The van der Waals surface area contributed by atoms with E-state index in [1.165, 1.54) is 0 Å². The predicted molar refractivity (Wildman–Crippen MR) is 68.7 cm³/mol. The number of aryl methyl sites for hydroxylation is 1. The molecule has 1 aromatic rings. The summed E-state index contributed by atoms with van der Waals surface area (Å²) < 4.78 is 2.12. The molecule has 0 aromatic carbocycles.